The molecule has 0 spiro atoms. The number of halogens is 1. The summed E-state index contributed by atoms with van der Waals surface area (Å²) < 4.78 is 6.35. The molecule has 1 N–H and O–H groups in total. The van der Waals surface area contributed by atoms with Crippen LogP contribution in [0.25, 0.3) is 0 Å². The van der Waals surface area contributed by atoms with E-state index in [0.717, 1.165) is 9.14 Å². The van der Waals surface area contributed by atoms with Crippen LogP contribution < -0.4 is 5.32 Å². The third kappa shape index (κ3) is 6.08. The van der Waals surface area contributed by atoms with Crippen LogP contribution in [0, 0.1) is 13.8 Å². The van der Waals surface area contributed by atoms with Gasteiger partial charge in [0.2, 0.25) is 0 Å². The van der Waals surface area contributed by atoms with Gasteiger partial charge in [-0.25, -0.2) is 4.79 Å². The number of rotatable bonds is 4. The number of aryl methyl sites for hydroxylation is 1. The standard InChI is InChI=1S/C17H24INO2/c1-11-8-7-9-14(13(11)3)15(10-12(2)18)19-16(20)21-17(4,5)6/h7-9,15H,2,10H2,1,3-6H3,(H,19,20). The van der Waals surface area contributed by atoms with E-state index in [9.17, 15) is 4.79 Å². The summed E-state index contributed by atoms with van der Waals surface area (Å²) in [6.07, 6.45) is 0.287. The van der Waals surface area contributed by atoms with Gasteiger partial charge in [-0.2, -0.15) is 0 Å². The number of carbonyl (C=O) groups excluding carboxylic acids is 1. The minimum atomic E-state index is -0.502. The third-order valence-electron chi connectivity index (χ3n) is 3.14. The first-order valence-corrected chi connectivity index (χ1v) is 8.07. The van der Waals surface area contributed by atoms with Gasteiger partial charge < -0.3 is 10.1 Å². The van der Waals surface area contributed by atoms with E-state index in [1.165, 1.54) is 11.1 Å². The first-order valence-electron chi connectivity index (χ1n) is 6.99. The van der Waals surface area contributed by atoms with E-state index in [1.807, 2.05) is 32.9 Å². The number of nitrogens with one attached hydrogen (secondary N) is 1. The van der Waals surface area contributed by atoms with E-state index in [4.69, 9.17) is 4.74 Å². The van der Waals surface area contributed by atoms with Gasteiger partial charge in [-0.3, -0.25) is 0 Å². The van der Waals surface area contributed by atoms with E-state index in [2.05, 4.69) is 54.4 Å². The van der Waals surface area contributed by atoms with Crippen molar-refractivity contribution in [2.24, 2.45) is 0 Å². The number of alkyl carbamates (subject to hydrolysis) is 1. The topological polar surface area (TPSA) is 38.3 Å². The van der Waals surface area contributed by atoms with E-state index in [1.54, 1.807) is 0 Å². The van der Waals surface area contributed by atoms with Crippen molar-refractivity contribution in [3.63, 3.8) is 0 Å². The highest BCUT2D eigenvalue weighted by Crippen LogP contribution is 2.28. The molecule has 0 bridgehead atoms. The molecular weight excluding hydrogens is 377 g/mol. The first kappa shape index (κ1) is 18.0. The average molecular weight is 401 g/mol. The van der Waals surface area contributed by atoms with Crippen LogP contribution in [0.5, 0.6) is 0 Å². The van der Waals surface area contributed by atoms with Gasteiger partial charge >= 0.3 is 6.09 Å². The Hall–Kier alpha value is -1.04. The Balaban J connectivity index is 2.98. The number of ether oxygens (including phenoxy) is 1. The fourth-order valence-corrected chi connectivity index (χ4v) is 2.50. The van der Waals surface area contributed by atoms with Crippen molar-refractivity contribution in [3.05, 3.63) is 45.0 Å². The van der Waals surface area contributed by atoms with E-state index in [-0.39, 0.29) is 6.04 Å². The van der Waals surface area contributed by atoms with Crippen LogP contribution >= 0.6 is 22.6 Å². The summed E-state index contributed by atoms with van der Waals surface area (Å²) in [6.45, 7) is 13.7. The molecule has 0 aliphatic rings. The zero-order valence-corrected chi connectivity index (χ0v) is 15.6. The lowest BCUT2D eigenvalue weighted by atomic mass is 9.95. The molecule has 0 heterocycles. The third-order valence-corrected chi connectivity index (χ3v) is 3.58. The molecule has 0 aliphatic heterocycles. The molecule has 0 fully saturated rings. The number of carbonyl (C=O) groups is 1. The molecule has 1 unspecified atom stereocenters. The average Bonchev–Trinajstić information content (AvgIpc) is 2.28. The Bertz CT molecular complexity index is 532. The van der Waals surface area contributed by atoms with Crippen molar-refractivity contribution < 1.29 is 9.53 Å². The molecule has 0 saturated carbocycles. The number of benzene rings is 1. The van der Waals surface area contributed by atoms with Gasteiger partial charge in [0.15, 0.2) is 0 Å². The summed E-state index contributed by atoms with van der Waals surface area (Å²) in [6, 6.07) is 6.01. The van der Waals surface area contributed by atoms with Crippen LogP contribution in [-0.4, -0.2) is 11.7 Å². The first-order chi connectivity index (χ1) is 9.60. The van der Waals surface area contributed by atoms with Crippen molar-refractivity contribution in [1.29, 1.82) is 0 Å². The Kier molecular flexibility index (Phi) is 6.25. The molecule has 1 amide bonds. The van der Waals surface area contributed by atoms with Crippen LogP contribution in [0.4, 0.5) is 4.79 Å². The number of amides is 1. The summed E-state index contributed by atoms with van der Waals surface area (Å²) in [5, 5.41) is 2.96. The lowest BCUT2D eigenvalue weighted by Crippen LogP contribution is -2.35. The maximum Gasteiger partial charge on any atom is 0.408 e. The molecule has 0 radical (unpaired) electrons. The van der Waals surface area contributed by atoms with Crippen molar-refractivity contribution in [2.45, 2.75) is 52.7 Å². The summed E-state index contributed by atoms with van der Waals surface area (Å²) in [4.78, 5) is 12.1. The van der Waals surface area contributed by atoms with Crippen LogP contribution in [0.15, 0.2) is 28.4 Å². The summed E-state index contributed by atoms with van der Waals surface area (Å²) in [5.41, 5.74) is 3.01. The number of hydrogen-bond acceptors (Lipinski definition) is 2. The molecule has 116 valence electrons. The smallest absolute Gasteiger partial charge is 0.408 e. The zero-order valence-electron chi connectivity index (χ0n) is 13.4. The quantitative estimate of drug-likeness (QED) is 0.704. The summed E-state index contributed by atoms with van der Waals surface area (Å²) in [7, 11) is 0. The van der Waals surface area contributed by atoms with E-state index >= 15 is 0 Å². The van der Waals surface area contributed by atoms with Gasteiger partial charge in [0.05, 0.1) is 6.04 Å². The molecule has 1 aromatic rings. The predicted molar refractivity (Wildman–Crippen MR) is 95.8 cm³/mol. The molecule has 0 aromatic heterocycles. The minimum Gasteiger partial charge on any atom is -0.444 e. The van der Waals surface area contributed by atoms with Crippen molar-refractivity contribution in [1.82, 2.24) is 5.32 Å². The zero-order chi connectivity index (χ0) is 16.2. The van der Waals surface area contributed by atoms with Gasteiger partial charge in [-0.1, -0.05) is 24.8 Å². The maximum absolute atomic E-state index is 12.1. The maximum atomic E-state index is 12.1. The lowest BCUT2D eigenvalue weighted by Gasteiger charge is -2.25. The monoisotopic (exact) mass is 401 g/mol. The Morgan fingerprint density at radius 3 is 2.52 bits per heavy atom. The fourth-order valence-electron chi connectivity index (χ4n) is 2.06. The highest BCUT2D eigenvalue weighted by molar-refractivity contribution is 14.1. The highest BCUT2D eigenvalue weighted by atomic mass is 127. The molecule has 1 atom stereocenters. The second kappa shape index (κ2) is 7.29. The van der Waals surface area contributed by atoms with Gasteiger partial charge in [0.1, 0.15) is 5.60 Å². The van der Waals surface area contributed by atoms with Crippen LogP contribution in [0.1, 0.15) is 49.9 Å². The summed E-state index contributed by atoms with van der Waals surface area (Å²) in [5.74, 6) is 0. The van der Waals surface area contributed by atoms with Gasteiger partial charge in [-0.15, -0.1) is 0 Å². The normalized spacial score (nSPS) is 12.7. The Morgan fingerprint density at radius 2 is 2.00 bits per heavy atom. The second-order valence-electron chi connectivity index (χ2n) is 6.21. The fraction of sp³-hybridized carbons (Fsp3) is 0.471. The molecule has 0 saturated heterocycles. The SMILES string of the molecule is C=C(I)CC(NC(=O)OC(C)(C)C)c1cccc(C)c1C. The largest absolute Gasteiger partial charge is 0.444 e. The molecule has 4 heteroatoms. The highest BCUT2D eigenvalue weighted by Gasteiger charge is 2.22. The van der Waals surface area contributed by atoms with E-state index < -0.39 is 11.7 Å². The molecule has 0 aliphatic carbocycles. The Labute approximate surface area is 141 Å². The Morgan fingerprint density at radius 1 is 1.38 bits per heavy atom. The molecule has 1 rings (SSSR count). The molecule has 1 aromatic carbocycles. The van der Waals surface area contributed by atoms with Crippen molar-refractivity contribution >= 4 is 28.7 Å². The van der Waals surface area contributed by atoms with Crippen molar-refractivity contribution in [2.75, 3.05) is 0 Å². The molecular formula is C17H24INO2. The lowest BCUT2D eigenvalue weighted by molar-refractivity contribution is 0.0504. The van der Waals surface area contributed by atoms with Crippen LogP contribution in [-0.2, 0) is 4.74 Å². The molecule has 21 heavy (non-hydrogen) atoms. The van der Waals surface area contributed by atoms with Gasteiger partial charge in [0.25, 0.3) is 0 Å². The number of hydrogen-bond donors (Lipinski definition) is 1. The predicted octanol–water partition coefficient (Wildman–Crippen LogP) is 5.21. The van der Waals surface area contributed by atoms with Gasteiger partial charge in [-0.05, 0) is 77.5 Å². The van der Waals surface area contributed by atoms with E-state index in [0.29, 0.717) is 6.42 Å². The second-order valence-corrected chi connectivity index (χ2v) is 7.73. The van der Waals surface area contributed by atoms with Crippen molar-refractivity contribution in [3.8, 4) is 0 Å². The summed E-state index contributed by atoms with van der Waals surface area (Å²) >= 11 is 2.19. The van der Waals surface area contributed by atoms with Crippen LogP contribution in [0.2, 0.25) is 0 Å². The minimum absolute atomic E-state index is 0.121. The molecule has 3 nitrogen and oxygen atoms in total. The van der Waals surface area contributed by atoms with Gasteiger partial charge in [0, 0.05) is 6.42 Å². The van der Waals surface area contributed by atoms with Crippen LogP contribution in [0.3, 0.4) is 0 Å².